The summed E-state index contributed by atoms with van der Waals surface area (Å²) in [6.07, 6.45) is -0.859. The van der Waals surface area contributed by atoms with E-state index in [-0.39, 0.29) is 24.8 Å². The van der Waals surface area contributed by atoms with Crippen LogP contribution in [0.3, 0.4) is 0 Å². The van der Waals surface area contributed by atoms with Crippen LogP contribution >= 0.6 is 0 Å². The normalized spacial score (nSPS) is 16.5. The van der Waals surface area contributed by atoms with Gasteiger partial charge in [-0.1, -0.05) is 12.1 Å². The van der Waals surface area contributed by atoms with Gasteiger partial charge in [-0.3, -0.25) is 4.79 Å². The van der Waals surface area contributed by atoms with Crippen molar-refractivity contribution in [3.8, 4) is 5.75 Å². The Hall–Kier alpha value is -3.09. The van der Waals surface area contributed by atoms with E-state index >= 15 is 0 Å². The molecule has 1 aliphatic rings. The zero-order chi connectivity index (χ0) is 18.5. The number of nitrogens with zero attached hydrogens (tertiary/aromatic N) is 1. The first-order chi connectivity index (χ1) is 12.5. The Kier molecular flexibility index (Phi) is 5.36. The van der Waals surface area contributed by atoms with Gasteiger partial charge in [0.2, 0.25) is 5.91 Å². The number of carbonyl (C=O) groups is 2. The first-order valence-electron chi connectivity index (χ1n) is 8.21. The first-order valence-corrected chi connectivity index (χ1v) is 8.21. The van der Waals surface area contributed by atoms with Crippen LogP contribution in [0.15, 0.2) is 48.5 Å². The number of amides is 2. The maximum atomic E-state index is 13.2. The molecule has 0 aliphatic carbocycles. The number of hydrogen-bond donors (Lipinski definition) is 1. The fourth-order valence-electron chi connectivity index (χ4n) is 2.73. The Balaban J connectivity index is 1.59. The Bertz CT molecular complexity index is 794. The van der Waals surface area contributed by atoms with Crippen LogP contribution in [0.25, 0.3) is 0 Å². The quantitative estimate of drug-likeness (QED) is 0.892. The van der Waals surface area contributed by atoms with Gasteiger partial charge in [0.25, 0.3) is 0 Å². The van der Waals surface area contributed by atoms with E-state index in [0.717, 1.165) is 5.56 Å². The maximum Gasteiger partial charge on any atom is 0.407 e. The highest BCUT2D eigenvalue weighted by molar-refractivity contribution is 5.96. The molecule has 1 saturated heterocycles. The highest BCUT2D eigenvalue weighted by Gasteiger charge is 2.33. The molecule has 1 N–H and O–H groups in total. The number of halogens is 1. The van der Waals surface area contributed by atoms with Crippen LogP contribution in [0.4, 0.5) is 14.9 Å². The monoisotopic (exact) mass is 358 g/mol. The van der Waals surface area contributed by atoms with Crippen molar-refractivity contribution in [3.63, 3.8) is 0 Å². The molecule has 3 rings (SSSR count). The summed E-state index contributed by atoms with van der Waals surface area (Å²) in [5, 5.41) is 2.37. The Morgan fingerprint density at radius 3 is 2.73 bits per heavy atom. The van der Waals surface area contributed by atoms with Gasteiger partial charge in [0.1, 0.15) is 24.3 Å². The molecule has 0 saturated carbocycles. The second-order valence-electron chi connectivity index (χ2n) is 5.90. The minimum absolute atomic E-state index is 0.104. The van der Waals surface area contributed by atoms with Crippen molar-refractivity contribution < 1.29 is 23.5 Å². The van der Waals surface area contributed by atoms with Crippen molar-refractivity contribution in [1.29, 1.82) is 0 Å². The van der Waals surface area contributed by atoms with Gasteiger partial charge in [-0.15, -0.1) is 0 Å². The van der Waals surface area contributed by atoms with Gasteiger partial charge in [0.05, 0.1) is 13.0 Å². The van der Waals surface area contributed by atoms with Crippen LogP contribution in [0.2, 0.25) is 0 Å². The van der Waals surface area contributed by atoms with Crippen LogP contribution in [-0.4, -0.2) is 31.7 Å². The summed E-state index contributed by atoms with van der Waals surface area (Å²) in [5.74, 6) is 0.206. The average Bonchev–Trinajstić information content (AvgIpc) is 3.00. The molecule has 2 amide bonds. The third-order valence-corrected chi connectivity index (χ3v) is 4.01. The molecule has 0 aromatic heterocycles. The summed E-state index contributed by atoms with van der Waals surface area (Å²) < 4.78 is 23.9. The zero-order valence-electron chi connectivity index (χ0n) is 14.3. The van der Waals surface area contributed by atoms with Gasteiger partial charge in [0.15, 0.2) is 0 Å². The molecule has 136 valence electrons. The van der Waals surface area contributed by atoms with Crippen molar-refractivity contribution in [2.75, 3.05) is 18.5 Å². The zero-order valence-corrected chi connectivity index (χ0v) is 14.3. The van der Waals surface area contributed by atoms with E-state index in [1.165, 1.54) is 19.2 Å². The summed E-state index contributed by atoms with van der Waals surface area (Å²) in [5.41, 5.74) is 1.44. The van der Waals surface area contributed by atoms with Gasteiger partial charge in [-0.05, 0) is 42.0 Å². The molecule has 1 aliphatic heterocycles. The standard InChI is InChI=1S/C19H19FN2O4/c1-21-19(24)26-17-10-18(23)22(11-17)15-5-7-16(8-6-15)25-12-13-3-2-4-14(20)9-13/h2-9,17H,10-12H2,1H3,(H,21,24)/t17-/m0/s1. The summed E-state index contributed by atoms with van der Waals surface area (Å²) in [6, 6.07) is 13.2. The van der Waals surface area contributed by atoms with Gasteiger partial charge in [-0.25, -0.2) is 9.18 Å². The summed E-state index contributed by atoms with van der Waals surface area (Å²) in [7, 11) is 1.47. The highest BCUT2D eigenvalue weighted by atomic mass is 19.1. The molecular weight excluding hydrogens is 339 g/mol. The van der Waals surface area contributed by atoms with E-state index in [4.69, 9.17) is 9.47 Å². The molecule has 7 heteroatoms. The van der Waals surface area contributed by atoms with Crippen molar-refractivity contribution >= 4 is 17.7 Å². The number of anilines is 1. The minimum atomic E-state index is -0.550. The van der Waals surface area contributed by atoms with Gasteiger partial charge in [-0.2, -0.15) is 0 Å². The SMILES string of the molecule is CNC(=O)O[C@H]1CC(=O)N(c2ccc(OCc3cccc(F)c3)cc2)C1. The molecule has 6 nitrogen and oxygen atoms in total. The summed E-state index contributed by atoms with van der Waals surface area (Å²) in [4.78, 5) is 25.0. The summed E-state index contributed by atoms with van der Waals surface area (Å²) >= 11 is 0. The third kappa shape index (κ3) is 4.30. The van der Waals surface area contributed by atoms with Crippen molar-refractivity contribution in [1.82, 2.24) is 5.32 Å². The third-order valence-electron chi connectivity index (χ3n) is 4.01. The molecule has 0 radical (unpaired) electrons. The Labute approximate surface area is 150 Å². The lowest BCUT2D eigenvalue weighted by Gasteiger charge is -2.17. The average molecular weight is 358 g/mol. The van der Waals surface area contributed by atoms with E-state index < -0.39 is 12.2 Å². The maximum absolute atomic E-state index is 13.2. The van der Waals surface area contributed by atoms with Crippen LogP contribution in [0.5, 0.6) is 5.75 Å². The molecule has 0 spiro atoms. The molecule has 26 heavy (non-hydrogen) atoms. The van der Waals surface area contributed by atoms with Crippen molar-refractivity contribution in [2.24, 2.45) is 0 Å². The fourth-order valence-corrected chi connectivity index (χ4v) is 2.73. The Morgan fingerprint density at radius 2 is 2.04 bits per heavy atom. The van der Waals surface area contributed by atoms with E-state index in [2.05, 4.69) is 5.32 Å². The number of hydrogen-bond acceptors (Lipinski definition) is 4. The molecule has 0 unspecified atom stereocenters. The molecule has 2 aromatic carbocycles. The molecular formula is C19H19FN2O4. The van der Waals surface area contributed by atoms with E-state index in [9.17, 15) is 14.0 Å². The molecule has 1 fully saturated rings. The lowest BCUT2D eigenvalue weighted by atomic mass is 10.2. The van der Waals surface area contributed by atoms with E-state index in [1.807, 2.05) is 0 Å². The van der Waals surface area contributed by atoms with Gasteiger partial charge in [0, 0.05) is 12.7 Å². The highest BCUT2D eigenvalue weighted by Crippen LogP contribution is 2.25. The van der Waals surface area contributed by atoms with Crippen LogP contribution in [-0.2, 0) is 16.1 Å². The minimum Gasteiger partial charge on any atom is -0.489 e. The number of nitrogens with one attached hydrogen (secondary N) is 1. The molecule has 0 bridgehead atoms. The predicted octanol–water partition coefficient (Wildman–Crippen LogP) is 2.87. The van der Waals surface area contributed by atoms with Gasteiger partial charge < -0.3 is 19.7 Å². The second kappa shape index (κ2) is 7.86. The second-order valence-corrected chi connectivity index (χ2v) is 5.90. The Morgan fingerprint density at radius 1 is 1.27 bits per heavy atom. The number of rotatable bonds is 5. The van der Waals surface area contributed by atoms with Crippen LogP contribution < -0.4 is 15.0 Å². The molecule has 2 aromatic rings. The van der Waals surface area contributed by atoms with Crippen molar-refractivity contribution in [3.05, 3.63) is 59.9 Å². The van der Waals surface area contributed by atoms with E-state index in [0.29, 0.717) is 18.0 Å². The number of alkyl carbamates (subject to hydrolysis) is 1. The molecule has 1 atom stereocenters. The first kappa shape index (κ1) is 17.7. The predicted molar refractivity (Wildman–Crippen MR) is 93.5 cm³/mol. The van der Waals surface area contributed by atoms with Gasteiger partial charge >= 0.3 is 6.09 Å². The van der Waals surface area contributed by atoms with Crippen LogP contribution in [0, 0.1) is 5.82 Å². The lowest BCUT2D eigenvalue weighted by molar-refractivity contribution is -0.117. The summed E-state index contributed by atoms with van der Waals surface area (Å²) in [6.45, 7) is 0.567. The topological polar surface area (TPSA) is 67.9 Å². The van der Waals surface area contributed by atoms with Crippen molar-refractivity contribution in [2.45, 2.75) is 19.1 Å². The lowest BCUT2D eigenvalue weighted by Crippen LogP contribution is -2.29. The van der Waals surface area contributed by atoms with Crippen LogP contribution in [0.1, 0.15) is 12.0 Å². The smallest absolute Gasteiger partial charge is 0.407 e. The number of ether oxygens (including phenoxy) is 2. The molecule has 1 heterocycles. The largest absolute Gasteiger partial charge is 0.489 e. The number of benzene rings is 2. The number of carbonyl (C=O) groups excluding carboxylic acids is 2. The fraction of sp³-hybridized carbons (Fsp3) is 0.263. The van der Waals surface area contributed by atoms with E-state index in [1.54, 1.807) is 41.3 Å².